The van der Waals surface area contributed by atoms with Crippen molar-refractivity contribution in [2.75, 3.05) is 0 Å². The first kappa shape index (κ1) is 27.9. The lowest BCUT2D eigenvalue weighted by molar-refractivity contribution is 0.668. The van der Waals surface area contributed by atoms with Gasteiger partial charge in [0.15, 0.2) is 5.82 Å². The van der Waals surface area contributed by atoms with Gasteiger partial charge in [-0.1, -0.05) is 109 Å². The average molecular weight is 654 g/mol. The molecule has 0 fully saturated rings. The third kappa shape index (κ3) is 4.28. The Morgan fingerprint density at radius 2 is 1.04 bits per heavy atom. The number of nitrogens with zero attached hydrogens (tertiary/aromatic N) is 3. The topological polar surface area (TPSA) is 57.0 Å². The third-order valence-corrected chi connectivity index (χ3v) is 10.0. The second-order valence-corrected chi connectivity index (χ2v) is 13.0. The highest BCUT2D eigenvalue weighted by atomic mass is 16.3. The molecule has 11 rings (SSSR count). The Morgan fingerprint density at radius 3 is 1.82 bits per heavy atom. The Hall–Kier alpha value is -6.98. The number of fused-ring (bicyclic) bond motifs is 9. The van der Waals surface area contributed by atoms with Crippen molar-refractivity contribution < 1.29 is 8.83 Å². The van der Waals surface area contributed by atoms with Crippen LogP contribution in [-0.4, -0.2) is 14.5 Å². The van der Waals surface area contributed by atoms with Crippen LogP contribution in [0.5, 0.6) is 0 Å². The highest BCUT2D eigenvalue weighted by molar-refractivity contribution is 6.18. The zero-order chi connectivity index (χ0) is 33.5. The van der Waals surface area contributed by atoms with E-state index >= 15 is 0 Å². The van der Waals surface area contributed by atoms with Gasteiger partial charge in [0, 0.05) is 60.8 Å². The minimum Gasteiger partial charge on any atom is -0.456 e. The van der Waals surface area contributed by atoms with Crippen LogP contribution in [0.2, 0.25) is 0 Å². The molecule has 0 N–H and O–H groups in total. The molecule has 0 saturated heterocycles. The quantitative estimate of drug-likeness (QED) is 0.190. The van der Waals surface area contributed by atoms with Crippen LogP contribution in [0.4, 0.5) is 0 Å². The number of para-hydroxylation sites is 2. The first-order valence-electron chi connectivity index (χ1n) is 17.1. The maximum Gasteiger partial charge on any atom is 0.161 e. The molecule has 0 aliphatic carbocycles. The predicted octanol–water partition coefficient (Wildman–Crippen LogP) is 12.4. The molecule has 11 aromatic rings. The van der Waals surface area contributed by atoms with Gasteiger partial charge >= 0.3 is 0 Å². The lowest BCUT2D eigenvalue weighted by atomic mass is 10.0. The molecule has 0 unspecified atom stereocenters. The summed E-state index contributed by atoms with van der Waals surface area (Å²) < 4.78 is 15.2. The van der Waals surface area contributed by atoms with Gasteiger partial charge in [-0.25, -0.2) is 9.97 Å². The smallest absolute Gasteiger partial charge is 0.161 e. The maximum atomic E-state index is 6.50. The first-order chi connectivity index (χ1) is 25.3. The van der Waals surface area contributed by atoms with Crippen molar-refractivity contribution in [2.45, 2.75) is 0 Å². The SMILES string of the molecule is c1ccc(-c2cc(-c3ccccc3)nc(-c3cccc4oc5ccc(-n6c7ccccc7c7cc8c(cc76)oc6ccccc68)cc5c34)n2)cc1. The van der Waals surface area contributed by atoms with Gasteiger partial charge in [0.2, 0.25) is 0 Å². The van der Waals surface area contributed by atoms with Gasteiger partial charge in [0.1, 0.15) is 22.3 Å². The Kier molecular flexibility index (Phi) is 5.89. The van der Waals surface area contributed by atoms with Crippen molar-refractivity contribution in [1.29, 1.82) is 0 Å². The van der Waals surface area contributed by atoms with Crippen LogP contribution in [0.15, 0.2) is 173 Å². The van der Waals surface area contributed by atoms with Crippen LogP contribution in [0.3, 0.4) is 0 Å². The fraction of sp³-hybridized carbons (Fsp3) is 0. The molecule has 0 aliphatic heterocycles. The van der Waals surface area contributed by atoms with Gasteiger partial charge < -0.3 is 13.4 Å². The van der Waals surface area contributed by atoms with Crippen LogP contribution < -0.4 is 0 Å². The summed E-state index contributed by atoms with van der Waals surface area (Å²) in [6.45, 7) is 0. The van der Waals surface area contributed by atoms with E-state index in [-0.39, 0.29) is 0 Å². The number of hydrogen-bond acceptors (Lipinski definition) is 4. The van der Waals surface area contributed by atoms with Gasteiger partial charge in [0.05, 0.1) is 22.4 Å². The molecule has 0 atom stereocenters. The predicted molar refractivity (Wildman–Crippen MR) is 207 cm³/mol. The van der Waals surface area contributed by atoms with Crippen LogP contribution in [-0.2, 0) is 0 Å². The Labute approximate surface area is 291 Å². The monoisotopic (exact) mass is 653 g/mol. The molecule has 4 aromatic heterocycles. The summed E-state index contributed by atoms with van der Waals surface area (Å²) in [5, 5.41) is 6.61. The van der Waals surface area contributed by atoms with E-state index in [0.29, 0.717) is 5.82 Å². The first-order valence-corrected chi connectivity index (χ1v) is 17.1. The van der Waals surface area contributed by atoms with Gasteiger partial charge in [-0.15, -0.1) is 0 Å². The maximum absolute atomic E-state index is 6.50. The van der Waals surface area contributed by atoms with Crippen molar-refractivity contribution in [1.82, 2.24) is 14.5 Å². The minimum absolute atomic E-state index is 0.651. The molecule has 0 bridgehead atoms. The number of benzene rings is 7. The molecule has 4 heterocycles. The number of rotatable bonds is 4. The normalized spacial score (nSPS) is 11.9. The van der Waals surface area contributed by atoms with Crippen LogP contribution >= 0.6 is 0 Å². The number of aromatic nitrogens is 3. The largest absolute Gasteiger partial charge is 0.456 e. The number of furan rings is 2. The molecule has 51 heavy (non-hydrogen) atoms. The Morgan fingerprint density at radius 1 is 0.392 bits per heavy atom. The van der Waals surface area contributed by atoms with E-state index < -0.39 is 0 Å². The van der Waals surface area contributed by atoms with E-state index in [0.717, 1.165) is 88.7 Å². The van der Waals surface area contributed by atoms with Crippen LogP contribution in [0.25, 0.3) is 105 Å². The summed E-state index contributed by atoms with van der Waals surface area (Å²) in [5.41, 5.74) is 11.3. The van der Waals surface area contributed by atoms with Gasteiger partial charge in [-0.2, -0.15) is 0 Å². The average Bonchev–Trinajstić information content (AvgIpc) is 3.86. The van der Waals surface area contributed by atoms with Crippen molar-refractivity contribution >= 4 is 65.7 Å². The molecule has 5 heteroatoms. The fourth-order valence-electron chi connectivity index (χ4n) is 7.69. The summed E-state index contributed by atoms with van der Waals surface area (Å²) in [6.07, 6.45) is 0. The van der Waals surface area contributed by atoms with Gasteiger partial charge in [-0.3, -0.25) is 0 Å². The molecule has 238 valence electrons. The molecule has 0 radical (unpaired) electrons. The van der Waals surface area contributed by atoms with Crippen molar-refractivity contribution in [3.63, 3.8) is 0 Å². The van der Waals surface area contributed by atoms with E-state index in [1.54, 1.807) is 0 Å². The van der Waals surface area contributed by atoms with Crippen LogP contribution in [0.1, 0.15) is 0 Å². The van der Waals surface area contributed by atoms with E-state index in [1.807, 2.05) is 60.7 Å². The second-order valence-electron chi connectivity index (χ2n) is 13.0. The lowest BCUT2D eigenvalue weighted by Gasteiger charge is -2.11. The fourth-order valence-corrected chi connectivity index (χ4v) is 7.69. The molecular formula is C46H27N3O2. The van der Waals surface area contributed by atoms with Crippen molar-refractivity contribution in [3.05, 3.63) is 164 Å². The summed E-state index contributed by atoms with van der Waals surface area (Å²) in [4.78, 5) is 10.3. The molecule has 0 spiro atoms. The second kappa shape index (κ2) is 10.8. The standard InChI is InChI=1S/C46H27N3O2/c1-3-12-28(13-4-1)37-26-38(29-14-5-2-6-15-29)48-46(47-37)33-18-11-21-43-45(33)36-24-30(22-23-42(36)50-43)49-39-19-9-7-16-31(39)34-25-35-32-17-8-10-20-41(32)51-44(35)27-40(34)49/h1-27H. The Balaban J connectivity index is 1.16. The van der Waals surface area contributed by atoms with Crippen molar-refractivity contribution in [3.8, 4) is 39.6 Å². The summed E-state index contributed by atoms with van der Waals surface area (Å²) in [5.74, 6) is 0.651. The van der Waals surface area contributed by atoms with Crippen LogP contribution in [0, 0.1) is 0 Å². The van der Waals surface area contributed by atoms with E-state index in [1.165, 1.54) is 10.8 Å². The van der Waals surface area contributed by atoms with E-state index in [4.69, 9.17) is 18.8 Å². The van der Waals surface area contributed by atoms with Gasteiger partial charge in [0.25, 0.3) is 0 Å². The highest BCUT2D eigenvalue weighted by Gasteiger charge is 2.20. The zero-order valence-corrected chi connectivity index (χ0v) is 27.2. The highest BCUT2D eigenvalue weighted by Crippen LogP contribution is 2.41. The summed E-state index contributed by atoms with van der Waals surface area (Å²) in [6, 6.07) is 56.5. The molecular weight excluding hydrogens is 627 g/mol. The van der Waals surface area contributed by atoms with E-state index in [2.05, 4.69) is 108 Å². The van der Waals surface area contributed by atoms with Crippen molar-refractivity contribution in [2.24, 2.45) is 0 Å². The molecule has 5 nitrogen and oxygen atoms in total. The summed E-state index contributed by atoms with van der Waals surface area (Å²) in [7, 11) is 0. The lowest BCUT2D eigenvalue weighted by Crippen LogP contribution is -1.96. The molecule has 0 saturated carbocycles. The minimum atomic E-state index is 0.651. The zero-order valence-electron chi connectivity index (χ0n) is 27.2. The molecule has 0 aliphatic rings. The molecule has 0 amide bonds. The summed E-state index contributed by atoms with van der Waals surface area (Å²) >= 11 is 0. The van der Waals surface area contributed by atoms with Gasteiger partial charge in [-0.05, 0) is 48.5 Å². The Bertz CT molecular complexity index is 3080. The number of hydrogen-bond donors (Lipinski definition) is 0. The third-order valence-electron chi connectivity index (χ3n) is 10.0. The van der Waals surface area contributed by atoms with E-state index in [9.17, 15) is 0 Å². The molecule has 7 aromatic carbocycles.